The summed E-state index contributed by atoms with van der Waals surface area (Å²) in [6.07, 6.45) is 0.825. The first-order valence-electron chi connectivity index (χ1n) is 6.60. The van der Waals surface area contributed by atoms with Crippen LogP contribution in [0.4, 0.5) is 0 Å². The van der Waals surface area contributed by atoms with Crippen LogP contribution in [-0.4, -0.2) is 29.1 Å². The molecule has 1 N–H and O–H groups in total. The topological polar surface area (TPSA) is 23.5 Å². The van der Waals surface area contributed by atoms with Crippen LogP contribution in [0.3, 0.4) is 0 Å². The van der Waals surface area contributed by atoms with Crippen molar-refractivity contribution in [2.45, 2.75) is 38.8 Å². The van der Waals surface area contributed by atoms with Gasteiger partial charge in [0.15, 0.2) is 0 Å². The highest BCUT2D eigenvalue weighted by atomic mass is 16.3. The molecule has 94 valence electrons. The monoisotopic (exact) mass is 233 g/mol. The molecule has 17 heavy (non-hydrogen) atoms. The van der Waals surface area contributed by atoms with Crippen LogP contribution in [0.15, 0.2) is 30.3 Å². The Kier molecular flexibility index (Phi) is 3.55. The van der Waals surface area contributed by atoms with Crippen molar-refractivity contribution in [1.82, 2.24) is 4.90 Å². The zero-order valence-electron chi connectivity index (χ0n) is 11.1. The highest BCUT2D eigenvalue weighted by Crippen LogP contribution is 2.39. The fourth-order valence-corrected chi connectivity index (χ4v) is 3.03. The van der Waals surface area contributed by atoms with Crippen LogP contribution in [-0.2, 0) is 5.60 Å². The Balaban J connectivity index is 2.26. The van der Waals surface area contributed by atoms with Crippen molar-refractivity contribution in [3.8, 4) is 0 Å². The quantitative estimate of drug-likeness (QED) is 0.849. The van der Waals surface area contributed by atoms with E-state index in [1.165, 1.54) is 0 Å². The summed E-state index contributed by atoms with van der Waals surface area (Å²) in [6, 6.07) is 10.6. The molecule has 0 aromatic heterocycles. The van der Waals surface area contributed by atoms with Gasteiger partial charge >= 0.3 is 0 Å². The van der Waals surface area contributed by atoms with E-state index in [0.29, 0.717) is 6.04 Å². The summed E-state index contributed by atoms with van der Waals surface area (Å²) in [6.45, 7) is 8.60. The van der Waals surface area contributed by atoms with Crippen LogP contribution in [0.5, 0.6) is 0 Å². The second-order valence-electron chi connectivity index (χ2n) is 5.33. The predicted molar refractivity (Wildman–Crippen MR) is 70.8 cm³/mol. The lowest BCUT2D eigenvalue weighted by Gasteiger charge is -2.47. The highest BCUT2D eigenvalue weighted by Gasteiger charge is 2.42. The molecule has 1 saturated heterocycles. The Hall–Kier alpha value is -0.860. The lowest BCUT2D eigenvalue weighted by Crippen LogP contribution is -2.52. The number of benzene rings is 1. The second kappa shape index (κ2) is 4.79. The minimum absolute atomic E-state index is 0.279. The SMILES string of the molecule is CCN1C[C@H](C)[C@@](O)(c2ccccc2)C[C@H]1C. The van der Waals surface area contributed by atoms with Gasteiger partial charge in [-0.2, -0.15) is 0 Å². The molecule has 0 bridgehead atoms. The predicted octanol–water partition coefficient (Wildman–Crippen LogP) is 2.62. The normalized spacial score (nSPS) is 34.8. The van der Waals surface area contributed by atoms with Gasteiger partial charge in [-0.15, -0.1) is 0 Å². The van der Waals surface area contributed by atoms with Crippen LogP contribution in [0.1, 0.15) is 32.8 Å². The first kappa shape index (κ1) is 12.6. The van der Waals surface area contributed by atoms with Gasteiger partial charge in [-0.25, -0.2) is 0 Å². The van der Waals surface area contributed by atoms with Crippen LogP contribution in [0.2, 0.25) is 0 Å². The van der Waals surface area contributed by atoms with Crippen molar-refractivity contribution >= 4 is 0 Å². The number of piperidine rings is 1. The number of likely N-dealkylation sites (tertiary alicyclic amines) is 1. The smallest absolute Gasteiger partial charge is 0.0948 e. The molecule has 0 saturated carbocycles. The van der Waals surface area contributed by atoms with Gasteiger partial charge in [-0.3, -0.25) is 0 Å². The van der Waals surface area contributed by atoms with Crippen molar-refractivity contribution in [2.75, 3.05) is 13.1 Å². The molecular weight excluding hydrogens is 210 g/mol. The molecular formula is C15H23NO. The minimum atomic E-state index is -0.660. The average molecular weight is 233 g/mol. The maximum absolute atomic E-state index is 11.0. The number of rotatable bonds is 2. The molecule has 2 nitrogen and oxygen atoms in total. The van der Waals surface area contributed by atoms with E-state index >= 15 is 0 Å². The molecule has 0 unspecified atom stereocenters. The zero-order chi connectivity index (χ0) is 12.5. The Bertz CT molecular complexity index is 364. The molecule has 0 spiro atoms. The fraction of sp³-hybridized carbons (Fsp3) is 0.600. The average Bonchev–Trinajstić information content (AvgIpc) is 2.35. The van der Waals surface area contributed by atoms with Crippen LogP contribution in [0.25, 0.3) is 0 Å². The Labute approximate surface area is 104 Å². The van der Waals surface area contributed by atoms with Gasteiger partial charge in [0, 0.05) is 18.5 Å². The lowest BCUT2D eigenvalue weighted by atomic mass is 9.74. The van der Waals surface area contributed by atoms with Crippen molar-refractivity contribution in [1.29, 1.82) is 0 Å². The largest absolute Gasteiger partial charge is 0.385 e. The number of nitrogens with zero attached hydrogens (tertiary/aromatic N) is 1. The molecule has 1 aliphatic heterocycles. The van der Waals surface area contributed by atoms with E-state index in [1.807, 2.05) is 30.3 Å². The van der Waals surface area contributed by atoms with Gasteiger partial charge in [0.2, 0.25) is 0 Å². The molecule has 1 aliphatic rings. The first-order valence-corrected chi connectivity index (χ1v) is 6.60. The van der Waals surface area contributed by atoms with Gasteiger partial charge in [0.05, 0.1) is 5.60 Å². The Morgan fingerprint density at radius 1 is 1.29 bits per heavy atom. The molecule has 0 amide bonds. The molecule has 3 atom stereocenters. The summed E-state index contributed by atoms with van der Waals surface area (Å²) < 4.78 is 0. The van der Waals surface area contributed by atoms with Gasteiger partial charge < -0.3 is 10.0 Å². The van der Waals surface area contributed by atoms with E-state index in [1.54, 1.807) is 0 Å². The number of aliphatic hydroxyl groups is 1. The molecule has 1 aromatic carbocycles. The van der Waals surface area contributed by atoms with Gasteiger partial charge in [0.1, 0.15) is 0 Å². The molecule has 1 fully saturated rings. The van der Waals surface area contributed by atoms with Gasteiger partial charge in [-0.1, -0.05) is 44.2 Å². The van der Waals surface area contributed by atoms with Crippen molar-refractivity contribution in [3.05, 3.63) is 35.9 Å². The Morgan fingerprint density at radius 3 is 2.53 bits per heavy atom. The number of hydrogen-bond donors (Lipinski definition) is 1. The van der Waals surface area contributed by atoms with E-state index in [9.17, 15) is 5.11 Å². The summed E-state index contributed by atoms with van der Waals surface area (Å²) >= 11 is 0. The maximum atomic E-state index is 11.0. The lowest BCUT2D eigenvalue weighted by molar-refractivity contribution is -0.0892. The summed E-state index contributed by atoms with van der Waals surface area (Å²) in [5.41, 5.74) is 0.405. The Morgan fingerprint density at radius 2 is 1.94 bits per heavy atom. The van der Waals surface area contributed by atoms with Crippen molar-refractivity contribution in [2.24, 2.45) is 5.92 Å². The fourth-order valence-electron chi connectivity index (χ4n) is 3.03. The molecule has 0 aliphatic carbocycles. The standard InChI is InChI=1S/C15H23NO/c1-4-16-11-12(2)15(17,10-13(16)3)14-8-6-5-7-9-14/h5-9,12-13,17H,4,10-11H2,1-3H3/t12-,13+,15+/m0/s1. The van der Waals surface area contributed by atoms with Crippen LogP contribution in [0, 0.1) is 5.92 Å². The minimum Gasteiger partial charge on any atom is -0.385 e. The third-order valence-corrected chi connectivity index (χ3v) is 4.23. The van der Waals surface area contributed by atoms with Gasteiger partial charge in [0.25, 0.3) is 0 Å². The second-order valence-corrected chi connectivity index (χ2v) is 5.33. The van der Waals surface area contributed by atoms with Crippen LogP contribution < -0.4 is 0 Å². The molecule has 1 aromatic rings. The summed E-state index contributed by atoms with van der Waals surface area (Å²) in [4.78, 5) is 2.45. The number of hydrogen-bond acceptors (Lipinski definition) is 2. The van der Waals surface area contributed by atoms with E-state index in [-0.39, 0.29) is 5.92 Å². The van der Waals surface area contributed by atoms with E-state index in [4.69, 9.17) is 0 Å². The molecule has 0 radical (unpaired) electrons. The molecule has 1 heterocycles. The first-order chi connectivity index (χ1) is 8.08. The van der Waals surface area contributed by atoms with E-state index in [0.717, 1.165) is 25.1 Å². The molecule has 2 heteroatoms. The van der Waals surface area contributed by atoms with Crippen LogP contribution >= 0.6 is 0 Å². The molecule has 2 rings (SSSR count). The maximum Gasteiger partial charge on any atom is 0.0948 e. The zero-order valence-corrected chi connectivity index (χ0v) is 11.1. The van der Waals surface area contributed by atoms with Crippen molar-refractivity contribution < 1.29 is 5.11 Å². The third-order valence-electron chi connectivity index (χ3n) is 4.23. The summed E-state index contributed by atoms with van der Waals surface area (Å²) in [5.74, 6) is 0.279. The van der Waals surface area contributed by atoms with E-state index < -0.39 is 5.60 Å². The summed E-state index contributed by atoms with van der Waals surface area (Å²) in [5, 5.41) is 11.0. The van der Waals surface area contributed by atoms with E-state index in [2.05, 4.69) is 25.7 Å². The third kappa shape index (κ3) is 2.24. The van der Waals surface area contributed by atoms with Crippen molar-refractivity contribution in [3.63, 3.8) is 0 Å². The van der Waals surface area contributed by atoms with Gasteiger partial charge in [-0.05, 0) is 25.5 Å². The highest BCUT2D eigenvalue weighted by molar-refractivity contribution is 5.24. The summed E-state index contributed by atoms with van der Waals surface area (Å²) in [7, 11) is 0.